The third kappa shape index (κ3) is 5.02. The highest BCUT2D eigenvalue weighted by Crippen LogP contribution is 2.13. The maximum absolute atomic E-state index is 11.7. The van der Waals surface area contributed by atoms with Gasteiger partial charge in [-0.3, -0.25) is 9.69 Å². The highest BCUT2D eigenvalue weighted by atomic mass is 16.5. The molecule has 1 heterocycles. The molecule has 100 valence electrons. The van der Waals surface area contributed by atoms with Gasteiger partial charge in [-0.2, -0.15) is 0 Å². The number of amides is 1. The van der Waals surface area contributed by atoms with E-state index in [-0.39, 0.29) is 18.6 Å². The summed E-state index contributed by atoms with van der Waals surface area (Å²) < 4.78 is 5.48. The smallest absolute Gasteiger partial charge is 0.236 e. The summed E-state index contributed by atoms with van der Waals surface area (Å²) in [6, 6.07) is 0. The van der Waals surface area contributed by atoms with Gasteiger partial charge in [-0.05, 0) is 19.8 Å². The molecule has 0 saturated carbocycles. The van der Waals surface area contributed by atoms with Crippen LogP contribution in [0.5, 0.6) is 0 Å². The van der Waals surface area contributed by atoms with Crippen LogP contribution in [-0.4, -0.2) is 73.4 Å². The van der Waals surface area contributed by atoms with Gasteiger partial charge >= 0.3 is 0 Å². The average Bonchev–Trinajstić information content (AvgIpc) is 2.37. The second kappa shape index (κ2) is 7.63. The number of aliphatic hydroxyl groups excluding tert-OH is 1. The van der Waals surface area contributed by atoms with Gasteiger partial charge in [-0.1, -0.05) is 0 Å². The largest absolute Gasteiger partial charge is 0.394 e. The monoisotopic (exact) mass is 244 g/mol. The van der Waals surface area contributed by atoms with Crippen LogP contribution in [0, 0.1) is 0 Å². The van der Waals surface area contributed by atoms with Crippen molar-refractivity contribution in [2.75, 3.05) is 46.4 Å². The first-order valence-electron chi connectivity index (χ1n) is 6.36. The van der Waals surface area contributed by atoms with Crippen molar-refractivity contribution in [3.8, 4) is 0 Å². The Morgan fingerprint density at radius 1 is 1.47 bits per heavy atom. The fraction of sp³-hybridized carbons (Fsp3) is 0.917. The molecular formula is C12H24N2O3. The van der Waals surface area contributed by atoms with Gasteiger partial charge in [0.25, 0.3) is 0 Å². The van der Waals surface area contributed by atoms with Crippen molar-refractivity contribution in [1.82, 2.24) is 9.80 Å². The summed E-state index contributed by atoms with van der Waals surface area (Å²) in [5.74, 6) is 0.183. The molecule has 0 aromatic rings. The minimum Gasteiger partial charge on any atom is -0.394 e. The molecule has 1 aliphatic heterocycles. The SMILES string of the molecule is CCN(C)C(=O)CN1CCC(OCCO)CC1. The lowest BCUT2D eigenvalue weighted by Crippen LogP contribution is -2.43. The van der Waals surface area contributed by atoms with Crippen LogP contribution in [0.15, 0.2) is 0 Å². The van der Waals surface area contributed by atoms with Crippen molar-refractivity contribution < 1.29 is 14.6 Å². The molecule has 0 aliphatic carbocycles. The van der Waals surface area contributed by atoms with Gasteiger partial charge in [0, 0.05) is 26.7 Å². The normalized spacial score (nSPS) is 18.3. The summed E-state index contributed by atoms with van der Waals surface area (Å²) in [6.07, 6.45) is 2.14. The molecule has 0 bridgehead atoms. The predicted octanol–water partition coefficient (Wildman–Crippen LogP) is -0.0620. The topological polar surface area (TPSA) is 53.0 Å². The lowest BCUT2D eigenvalue weighted by Gasteiger charge is -2.32. The molecule has 0 unspecified atom stereocenters. The summed E-state index contributed by atoms with van der Waals surface area (Å²) >= 11 is 0. The molecular weight excluding hydrogens is 220 g/mol. The number of nitrogens with zero attached hydrogens (tertiary/aromatic N) is 2. The standard InChI is InChI=1S/C12H24N2O3/c1-3-13(2)12(16)10-14-6-4-11(5-7-14)17-9-8-15/h11,15H,3-10H2,1-2H3. The fourth-order valence-electron chi connectivity index (χ4n) is 1.94. The third-order valence-electron chi connectivity index (χ3n) is 3.24. The number of likely N-dealkylation sites (tertiary alicyclic amines) is 1. The van der Waals surface area contributed by atoms with Gasteiger partial charge in [0.15, 0.2) is 0 Å². The van der Waals surface area contributed by atoms with Crippen molar-refractivity contribution in [3.63, 3.8) is 0 Å². The Bertz CT molecular complexity index is 228. The highest BCUT2D eigenvalue weighted by Gasteiger charge is 2.21. The van der Waals surface area contributed by atoms with Crippen molar-refractivity contribution in [3.05, 3.63) is 0 Å². The molecule has 5 heteroatoms. The van der Waals surface area contributed by atoms with Crippen molar-refractivity contribution >= 4 is 5.91 Å². The van der Waals surface area contributed by atoms with E-state index >= 15 is 0 Å². The number of hydrogen-bond donors (Lipinski definition) is 1. The minimum atomic E-state index is 0.0833. The molecule has 1 fully saturated rings. The lowest BCUT2D eigenvalue weighted by molar-refractivity contribution is -0.131. The van der Waals surface area contributed by atoms with E-state index in [1.54, 1.807) is 4.90 Å². The molecule has 1 aliphatic rings. The van der Waals surface area contributed by atoms with E-state index in [0.717, 1.165) is 32.5 Å². The van der Waals surface area contributed by atoms with Crippen LogP contribution < -0.4 is 0 Å². The van der Waals surface area contributed by atoms with E-state index in [9.17, 15) is 4.79 Å². The number of piperidine rings is 1. The number of rotatable bonds is 6. The summed E-state index contributed by atoms with van der Waals surface area (Å²) in [5, 5.41) is 8.67. The van der Waals surface area contributed by atoms with Gasteiger partial charge in [0.2, 0.25) is 5.91 Å². The van der Waals surface area contributed by atoms with Crippen molar-refractivity contribution in [2.24, 2.45) is 0 Å². The van der Waals surface area contributed by atoms with Gasteiger partial charge < -0.3 is 14.7 Å². The van der Waals surface area contributed by atoms with Crippen LogP contribution in [-0.2, 0) is 9.53 Å². The summed E-state index contributed by atoms with van der Waals surface area (Å²) in [5.41, 5.74) is 0. The summed E-state index contributed by atoms with van der Waals surface area (Å²) in [7, 11) is 1.83. The Kier molecular flexibility index (Phi) is 6.47. The molecule has 5 nitrogen and oxygen atoms in total. The van der Waals surface area contributed by atoms with E-state index in [0.29, 0.717) is 13.2 Å². The summed E-state index contributed by atoms with van der Waals surface area (Å²) in [4.78, 5) is 15.6. The number of aliphatic hydroxyl groups is 1. The van der Waals surface area contributed by atoms with E-state index in [1.807, 2.05) is 14.0 Å². The first kappa shape index (κ1) is 14.4. The Balaban J connectivity index is 2.20. The van der Waals surface area contributed by atoms with Crippen LogP contribution in [0.2, 0.25) is 0 Å². The molecule has 1 saturated heterocycles. The van der Waals surface area contributed by atoms with E-state index in [1.165, 1.54) is 0 Å². The Hall–Kier alpha value is -0.650. The molecule has 1 rings (SSSR count). The zero-order chi connectivity index (χ0) is 12.7. The van der Waals surface area contributed by atoms with Crippen LogP contribution >= 0.6 is 0 Å². The molecule has 1 N–H and O–H groups in total. The van der Waals surface area contributed by atoms with Crippen LogP contribution in [0.3, 0.4) is 0 Å². The molecule has 0 atom stereocenters. The minimum absolute atomic E-state index is 0.0833. The Morgan fingerprint density at radius 3 is 2.65 bits per heavy atom. The molecule has 0 spiro atoms. The van der Waals surface area contributed by atoms with Crippen LogP contribution in [0.4, 0.5) is 0 Å². The maximum Gasteiger partial charge on any atom is 0.236 e. The molecule has 0 radical (unpaired) electrons. The van der Waals surface area contributed by atoms with Crippen LogP contribution in [0.1, 0.15) is 19.8 Å². The van der Waals surface area contributed by atoms with Crippen molar-refractivity contribution in [2.45, 2.75) is 25.9 Å². The second-order valence-electron chi connectivity index (χ2n) is 4.48. The quantitative estimate of drug-likeness (QED) is 0.711. The number of carbonyl (C=O) groups excluding carboxylic acids is 1. The molecule has 1 amide bonds. The third-order valence-corrected chi connectivity index (χ3v) is 3.24. The van der Waals surface area contributed by atoms with Crippen LogP contribution in [0.25, 0.3) is 0 Å². The van der Waals surface area contributed by atoms with E-state index in [4.69, 9.17) is 9.84 Å². The number of likely N-dealkylation sites (N-methyl/N-ethyl adjacent to an activating group) is 1. The van der Waals surface area contributed by atoms with Gasteiger partial charge in [0.1, 0.15) is 0 Å². The Labute approximate surface area is 103 Å². The number of ether oxygens (including phenoxy) is 1. The molecule has 17 heavy (non-hydrogen) atoms. The van der Waals surface area contributed by atoms with Gasteiger partial charge in [0.05, 0.1) is 25.9 Å². The molecule has 0 aromatic heterocycles. The maximum atomic E-state index is 11.7. The van der Waals surface area contributed by atoms with Gasteiger partial charge in [-0.25, -0.2) is 0 Å². The summed E-state index contributed by atoms with van der Waals surface area (Å²) in [6.45, 7) is 5.56. The fourth-order valence-corrected chi connectivity index (χ4v) is 1.94. The number of carbonyl (C=O) groups is 1. The van der Waals surface area contributed by atoms with Gasteiger partial charge in [-0.15, -0.1) is 0 Å². The zero-order valence-electron chi connectivity index (χ0n) is 10.9. The average molecular weight is 244 g/mol. The first-order chi connectivity index (χ1) is 8.17. The highest BCUT2D eigenvalue weighted by molar-refractivity contribution is 5.77. The predicted molar refractivity (Wildman–Crippen MR) is 65.8 cm³/mol. The second-order valence-corrected chi connectivity index (χ2v) is 4.48. The molecule has 0 aromatic carbocycles. The van der Waals surface area contributed by atoms with Crippen molar-refractivity contribution in [1.29, 1.82) is 0 Å². The lowest BCUT2D eigenvalue weighted by atomic mass is 10.1. The zero-order valence-corrected chi connectivity index (χ0v) is 10.9. The number of hydrogen-bond acceptors (Lipinski definition) is 4. The van der Waals surface area contributed by atoms with E-state index in [2.05, 4.69) is 4.90 Å². The Morgan fingerprint density at radius 2 is 2.12 bits per heavy atom. The van der Waals surface area contributed by atoms with E-state index < -0.39 is 0 Å². The first-order valence-corrected chi connectivity index (χ1v) is 6.36.